The molecule has 0 aromatic heterocycles. The van der Waals surface area contributed by atoms with Crippen molar-refractivity contribution in [2.24, 2.45) is 5.41 Å². The molecule has 0 spiro atoms. The number of Topliss-reactive ketones (excluding diaryl/α,β-unsaturated/α-hetero) is 3. The van der Waals surface area contributed by atoms with E-state index in [1.807, 2.05) is 0 Å². The fourth-order valence-electron chi connectivity index (χ4n) is 4.24. The highest BCUT2D eigenvalue weighted by Gasteiger charge is 2.61. The second-order valence-corrected chi connectivity index (χ2v) is 7.79. The van der Waals surface area contributed by atoms with Gasteiger partial charge in [-0.2, -0.15) is 0 Å². The molecule has 3 atom stereocenters. The van der Waals surface area contributed by atoms with Crippen LogP contribution in [0, 0.1) is 5.41 Å². The molecular weight excluding hydrogens is 352 g/mol. The van der Waals surface area contributed by atoms with Gasteiger partial charge < -0.3 is 14.2 Å². The van der Waals surface area contributed by atoms with Crippen molar-refractivity contribution < 1.29 is 33.4 Å². The maximum atomic E-state index is 13.0. The molecule has 3 unspecified atom stereocenters. The van der Waals surface area contributed by atoms with Gasteiger partial charge in [0.15, 0.2) is 17.3 Å². The van der Waals surface area contributed by atoms with E-state index < -0.39 is 34.8 Å². The lowest BCUT2D eigenvalue weighted by Crippen LogP contribution is -2.57. The lowest BCUT2D eigenvalue weighted by Gasteiger charge is -2.34. The van der Waals surface area contributed by atoms with Crippen LogP contribution in [0.1, 0.15) is 64.7 Å². The molecule has 7 nitrogen and oxygen atoms in total. The van der Waals surface area contributed by atoms with Crippen molar-refractivity contribution in [1.82, 2.24) is 0 Å². The van der Waals surface area contributed by atoms with E-state index in [1.165, 1.54) is 0 Å². The maximum absolute atomic E-state index is 13.0. The van der Waals surface area contributed by atoms with E-state index >= 15 is 0 Å². The van der Waals surface area contributed by atoms with Crippen LogP contribution in [0.3, 0.4) is 0 Å². The number of carbonyl (C=O) groups is 4. The Morgan fingerprint density at radius 1 is 0.963 bits per heavy atom. The van der Waals surface area contributed by atoms with E-state index in [0.717, 1.165) is 25.7 Å². The van der Waals surface area contributed by atoms with E-state index in [-0.39, 0.29) is 31.5 Å². The van der Waals surface area contributed by atoms with Crippen LogP contribution in [0.15, 0.2) is 0 Å². The van der Waals surface area contributed by atoms with E-state index in [9.17, 15) is 19.2 Å². The average molecular weight is 380 g/mol. The van der Waals surface area contributed by atoms with Crippen LogP contribution in [0.5, 0.6) is 0 Å². The Morgan fingerprint density at radius 2 is 1.48 bits per heavy atom. The lowest BCUT2D eigenvalue weighted by molar-refractivity contribution is -0.177. The third-order valence-electron chi connectivity index (χ3n) is 5.78. The van der Waals surface area contributed by atoms with E-state index in [0.29, 0.717) is 26.1 Å². The van der Waals surface area contributed by atoms with Crippen molar-refractivity contribution in [2.45, 2.75) is 83.0 Å². The summed E-state index contributed by atoms with van der Waals surface area (Å²) in [6, 6.07) is 0. The molecule has 3 aliphatic heterocycles. The van der Waals surface area contributed by atoms with Crippen LogP contribution < -0.4 is 0 Å². The number of hydrogen-bond donors (Lipinski definition) is 0. The third-order valence-corrected chi connectivity index (χ3v) is 5.78. The van der Waals surface area contributed by atoms with Gasteiger partial charge in [0.05, 0.1) is 12.2 Å². The number of esters is 1. The van der Waals surface area contributed by atoms with Gasteiger partial charge in [0.1, 0.15) is 6.10 Å². The second-order valence-electron chi connectivity index (χ2n) is 7.79. The Bertz CT molecular complexity index is 547. The Hall–Kier alpha value is -1.60. The molecule has 3 rings (SSSR count). The highest BCUT2D eigenvalue weighted by atomic mass is 16.5. The molecule has 3 aliphatic rings. The minimum Gasteiger partial charge on any atom is -0.461 e. The summed E-state index contributed by atoms with van der Waals surface area (Å²) in [5, 5.41) is 0. The van der Waals surface area contributed by atoms with Gasteiger partial charge in [-0.05, 0) is 45.4 Å². The topological polar surface area (TPSA) is 96.0 Å². The first kappa shape index (κ1) is 20.1. The quantitative estimate of drug-likeness (QED) is 0.469. The largest absolute Gasteiger partial charge is 0.461 e. The average Bonchev–Trinajstić information content (AvgIpc) is 3.31. The zero-order valence-corrected chi connectivity index (χ0v) is 15.9. The first-order valence-electron chi connectivity index (χ1n) is 9.98. The number of carbonyl (C=O) groups excluding carboxylic acids is 4. The zero-order chi connectivity index (χ0) is 19.4. The lowest BCUT2D eigenvalue weighted by atomic mass is 9.69. The van der Waals surface area contributed by atoms with Gasteiger partial charge in [0.2, 0.25) is 5.41 Å². The molecule has 0 saturated carbocycles. The molecule has 0 amide bonds. The molecule has 0 radical (unpaired) electrons. The molecule has 27 heavy (non-hydrogen) atoms. The van der Waals surface area contributed by atoms with Gasteiger partial charge in [-0.3, -0.25) is 14.4 Å². The number of hydrogen-bond acceptors (Lipinski definition) is 7. The molecule has 7 heteroatoms. The van der Waals surface area contributed by atoms with E-state index in [4.69, 9.17) is 14.2 Å². The van der Waals surface area contributed by atoms with Crippen LogP contribution >= 0.6 is 0 Å². The Labute approximate surface area is 159 Å². The molecule has 0 N–H and O–H groups in total. The predicted octanol–water partition coefficient (Wildman–Crippen LogP) is 1.93. The van der Waals surface area contributed by atoms with Crippen molar-refractivity contribution >= 4 is 23.3 Å². The molecule has 0 aliphatic carbocycles. The SMILES string of the molecule is CC1CC(=O)C(C(=O)CCC2CCCO2)(C(=O)CCC2CCCO2)C(=O)O1. The fourth-order valence-corrected chi connectivity index (χ4v) is 4.24. The van der Waals surface area contributed by atoms with Crippen LogP contribution in [-0.4, -0.2) is 54.8 Å². The molecular formula is C20H28O7. The normalized spacial score (nSPS) is 33.9. The van der Waals surface area contributed by atoms with Gasteiger partial charge in [0, 0.05) is 32.5 Å². The second kappa shape index (κ2) is 8.61. The van der Waals surface area contributed by atoms with Gasteiger partial charge in [-0.15, -0.1) is 0 Å². The molecule has 0 bridgehead atoms. The van der Waals surface area contributed by atoms with Crippen LogP contribution in [0.2, 0.25) is 0 Å². The first-order valence-corrected chi connectivity index (χ1v) is 9.98. The van der Waals surface area contributed by atoms with Crippen molar-refractivity contribution in [1.29, 1.82) is 0 Å². The Kier molecular flexibility index (Phi) is 6.42. The Balaban J connectivity index is 1.74. The van der Waals surface area contributed by atoms with Crippen molar-refractivity contribution in [2.75, 3.05) is 13.2 Å². The Morgan fingerprint density at radius 3 is 1.89 bits per heavy atom. The molecule has 0 aromatic rings. The smallest absolute Gasteiger partial charge is 0.335 e. The minimum absolute atomic E-state index is 0.0362. The summed E-state index contributed by atoms with van der Waals surface area (Å²) in [6.07, 6.45) is 3.49. The molecule has 3 saturated heterocycles. The van der Waals surface area contributed by atoms with Gasteiger partial charge in [-0.25, -0.2) is 4.79 Å². The number of ketones is 3. The summed E-state index contributed by atoms with van der Waals surface area (Å²) in [5.41, 5.74) is -2.29. The number of cyclic esters (lactones) is 1. The van der Waals surface area contributed by atoms with E-state index in [1.54, 1.807) is 6.92 Å². The summed E-state index contributed by atoms with van der Waals surface area (Å²) < 4.78 is 16.2. The monoisotopic (exact) mass is 380 g/mol. The summed E-state index contributed by atoms with van der Waals surface area (Å²) >= 11 is 0. The van der Waals surface area contributed by atoms with Gasteiger partial charge in [-0.1, -0.05) is 0 Å². The number of ether oxygens (including phenoxy) is 3. The molecule has 150 valence electrons. The van der Waals surface area contributed by atoms with Crippen LogP contribution in [-0.2, 0) is 33.4 Å². The fraction of sp³-hybridized carbons (Fsp3) is 0.800. The van der Waals surface area contributed by atoms with Gasteiger partial charge >= 0.3 is 5.97 Å². The molecule has 3 fully saturated rings. The van der Waals surface area contributed by atoms with Crippen molar-refractivity contribution in [3.63, 3.8) is 0 Å². The molecule has 0 aromatic carbocycles. The summed E-state index contributed by atoms with van der Waals surface area (Å²) in [6.45, 7) is 2.90. The standard InChI is InChI=1S/C20H28O7/c1-13-12-18(23)20(19(24)27-13,16(21)8-6-14-4-2-10-25-14)17(22)9-7-15-5-3-11-26-15/h13-15H,2-12H2,1H3. The van der Waals surface area contributed by atoms with Crippen LogP contribution in [0.25, 0.3) is 0 Å². The summed E-state index contributed by atoms with van der Waals surface area (Å²) in [7, 11) is 0. The third kappa shape index (κ3) is 4.14. The zero-order valence-electron chi connectivity index (χ0n) is 15.9. The first-order chi connectivity index (χ1) is 12.9. The summed E-state index contributed by atoms with van der Waals surface area (Å²) in [5.74, 6) is -2.91. The minimum atomic E-state index is -2.29. The van der Waals surface area contributed by atoms with Crippen LogP contribution in [0.4, 0.5) is 0 Å². The van der Waals surface area contributed by atoms with Crippen molar-refractivity contribution in [3.8, 4) is 0 Å². The van der Waals surface area contributed by atoms with Crippen molar-refractivity contribution in [3.05, 3.63) is 0 Å². The maximum Gasteiger partial charge on any atom is 0.335 e. The predicted molar refractivity (Wildman–Crippen MR) is 94.0 cm³/mol. The highest BCUT2D eigenvalue weighted by molar-refractivity contribution is 6.38. The summed E-state index contributed by atoms with van der Waals surface area (Å²) in [4.78, 5) is 51.5. The van der Waals surface area contributed by atoms with E-state index in [2.05, 4.69) is 0 Å². The van der Waals surface area contributed by atoms with Gasteiger partial charge in [0.25, 0.3) is 0 Å². The highest BCUT2D eigenvalue weighted by Crippen LogP contribution is 2.36. The molecule has 3 heterocycles. The number of rotatable bonds is 8.